The van der Waals surface area contributed by atoms with Gasteiger partial charge in [0.25, 0.3) is 11.8 Å². The van der Waals surface area contributed by atoms with Crippen molar-refractivity contribution < 1.29 is 27.6 Å². The fourth-order valence-corrected chi connectivity index (χ4v) is 7.64. The van der Waals surface area contributed by atoms with Crippen molar-refractivity contribution >= 4 is 79.1 Å². The molecule has 11 N–H and O–H groups in total. The van der Waals surface area contributed by atoms with Crippen molar-refractivity contribution in [2.75, 3.05) is 42.5 Å². The largest absolute Gasteiger partial charge is 0.397 e. The third-order valence-electron chi connectivity index (χ3n) is 8.62. The lowest BCUT2D eigenvalue weighted by Gasteiger charge is -2.17. The number of thiophene rings is 2. The molecule has 300 valence electrons. The van der Waals surface area contributed by atoms with Crippen LogP contribution >= 0.6 is 22.7 Å². The number of rotatable bonds is 12. The Labute approximate surface area is 343 Å². The third-order valence-corrected chi connectivity index (χ3v) is 11.1. The minimum atomic E-state index is -3.62. The first-order valence-corrected chi connectivity index (χ1v) is 21.2. The minimum Gasteiger partial charge on any atom is -0.397 e. The van der Waals surface area contributed by atoms with E-state index in [1.807, 2.05) is 59.3 Å². The number of likely N-dealkylation sites (N-methyl/N-ethyl adjacent to an activating group) is 2. The normalized spacial score (nSPS) is 11.9. The molecule has 2 atom stereocenters. The lowest BCUT2D eigenvalue weighted by Crippen LogP contribution is -2.38. The van der Waals surface area contributed by atoms with Crippen LogP contribution in [-0.2, 0) is 19.6 Å². The molecule has 2 heterocycles. The molecule has 17 heteroatoms. The molecule has 4 aromatic carbocycles. The number of hydrogen-bond acceptors (Lipinski definition) is 11. The summed E-state index contributed by atoms with van der Waals surface area (Å²) in [4.78, 5) is 51.1. The molecule has 2 aromatic heterocycles. The van der Waals surface area contributed by atoms with E-state index in [2.05, 4.69) is 26.0 Å². The number of amides is 4. The quantitative estimate of drug-likeness (QED) is 0.0717. The fourth-order valence-electron chi connectivity index (χ4n) is 5.52. The summed E-state index contributed by atoms with van der Waals surface area (Å²) in [5.74, 6) is -1.47. The average Bonchev–Trinajstić information content (AvgIpc) is 3.97. The lowest BCUT2D eigenvalue weighted by molar-refractivity contribution is -0.123. The van der Waals surface area contributed by atoms with Crippen LogP contribution in [0.3, 0.4) is 0 Å². The van der Waals surface area contributed by atoms with E-state index in [-0.39, 0.29) is 17.7 Å². The predicted octanol–water partition coefficient (Wildman–Crippen LogP) is 5.58. The molecule has 0 aliphatic heterocycles. The number of anilines is 4. The molecule has 0 saturated carbocycles. The molecule has 0 radical (unpaired) electrons. The Balaban J connectivity index is 0.000000223. The zero-order chi connectivity index (χ0) is 42.0. The van der Waals surface area contributed by atoms with Crippen molar-refractivity contribution in [3.05, 3.63) is 142 Å². The van der Waals surface area contributed by atoms with Gasteiger partial charge in [0.2, 0.25) is 21.8 Å². The Bertz CT molecular complexity index is 2490. The molecular formula is C41H42N8O6S3. The van der Waals surface area contributed by atoms with Gasteiger partial charge < -0.3 is 38.5 Å². The molecule has 6 rings (SSSR count). The van der Waals surface area contributed by atoms with Crippen LogP contribution in [0, 0.1) is 0 Å². The molecule has 6 aromatic rings. The molecule has 0 spiro atoms. The van der Waals surface area contributed by atoms with E-state index in [4.69, 9.17) is 17.2 Å². The molecule has 0 bridgehead atoms. The number of benzene rings is 4. The molecule has 0 aliphatic carbocycles. The second-order valence-electron chi connectivity index (χ2n) is 12.7. The molecular weight excluding hydrogens is 797 g/mol. The molecule has 0 aliphatic rings. The Morgan fingerprint density at radius 2 is 1.03 bits per heavy atom. The molecule has 2 unspecified atom stereocenters. The fraction of sp³-hybridized carbons (Fsp3) is 0.122. The SMILES string of the molecule is CNC(=O)C(N)c1ccc(C(=O)Nc2cc(-c3cccs3)ccc2N)cc1.CNC(=O)C(NS(C)(=O)=O)c1ccc(C(=O)Nc2cc(-c3cccs3)ccc2N)cc1. The second kappa shape index (κ2) is 19.2. The maximum atomic E-state index is 12.7. The van der Waals surface area contributed by atoms with Crippen molar-refractivity contribution in [3.8, 4) is 20.9 Å². The van der Waals surface area contributed by atoms with Crippen molar-refractivity contribution in [2.45, 2.75) is 12.1 Å². The van der Waals surface area contributed by atoms with Gasteiger partial charge in [0.1, 0.15) is 12.1 Å². The van der Waals surface area contributed by atoms with Gasteiger partial charge in [-0.1, -0.05) is 48.5 Å². The first kappa shape index (κ1) is 42.8. The number of nitrogens with two attached hydrogens (primary N) is 3. The summed E-state index contributed by atoms with van der Waals surface area (Å²) in [5.41, 5.74) is 23.6. The van der Waals surface area contributed by atoms with Gasteiger partial charge >= 0.3 is 0 Å². The maximum absolute atomic E-state index is 12.7. The van der Waals surface area contributed by atoms with E-state index < -0.39 is 28.0 Å². The van der Waals surface area contributed by atoms with E-state index in [1.54, 1.807) is 59.1 Å². The summed E-state index contributed by atoms with van der Waals surface area (Å²) in [6, 6.07) is 29.7. The van der Waals surface area contributed by atoms with Gasteiger partial charge in [-0.15, -0.1) is 22.7 Å². The first-order chi connectivity index (χ1) is 27.7. The van der Waals surface area contributed by atoms with Crippen molar-refractivity contribution in [1.29, 1.82) is 0 Å². The molecule has 58 heavy (non-hydrogen) atoms. The zero-order valence-electron chi connectivity index (χ0n) is 31.6. The number of nitrogen functional groups attached to an aromatic ring is 2. The highest BCUT2D eigenvalue weighted by molar-refractivity contribution is 7.88. The number of nitrogens with one attached hydrogen (secondary N) is 5. The van der Waals surface area contributed by atoms with Gasteiger partial charge in [0, 0.05) is 35.0 Å². The number of carbonyl (C=O) groups is 4. The monoisotopic (exact) mass is 838 g/mol. The first-order valence-electron chi connectivity index (χ1n) is 17.5. The summed E-state index contributed by atoms with van der Waals surface area (Å²) < 4.78 is 25.5. The summed E-state index contributed by atoms with van der Waals surface area (Å²) >= 11 is 3.20. The maximum Gasteiger partial charge on any atom is 0.255 e. The van der Waals surface area contributed by atoms with Gasteiger partial charge in [0.05, 0.1) is 29.0 Å². The Hall–Kier alpha value is -6.37. The number of carbonyl (C=O) groups excluding carboxylic acids is 4. The van der Waals surface area contributed by atoms with Crippen LogP contribution < -0.4 is 43.2 Å². The topological polar surface area (TPSA) is 241 Å². The molecule has 0 fully saturated rings. The summed E-state index contributed by atoms with van der Waals surface area (Å²) in [6.45, 7) is 0. The summed E-state index contributed by atoms with van der Waals surface area (Å²) in [6.07, 6.45) is 0.972. The van der Waals surface area contributed by atoms with Gasteiger partial charge in [-0.05, 0) is 93.7 Å². The third kappa shape index (κ3) is 11.1. The lowest BCUT2D eigenvalue weighted by atomic mass is 10.0. The van der Waals surface area contributed by atoms with Crippen LogP contribution in [0.25, 0.3) is 20.9 Å². The highest BCUT2D eigenvalue weighted by atomic mass is 32.2. The van der Waals surface area contributed by atoms with Crippen LogP contribution in [0.4, 0.5) is 22.7 Å². The predicted molar refractivity (Wildman–Crippen MR) is 233 cm³/mol. The molecule has 4 amide bonds. The van der Waals surface area contributed by atoms with Gasteiger partial charge in [-0.25, -0.2) is 8.42 Å². The van der Waals surface area contributed by atoms with Crippen LogP contribution in [-0.4, -0.2) is 52.4 Å². The summed E-state index contributed by atoms with van der Waals surface area (Å²) in [5, 5.41) is 14.5. The number of hydrogen-bond donors (Lipinski definition) is 8. The highest BCUT2D eigenvalue weighted by Crippen LogP contribution is 2.32. The zero-order valence-corrected chi connectivity index (χ0v) is 34.1. The highest BCUT2D eigenvalue weighted by Gasteiger charge is 2.23. The minimum absolute atomic E-state index is 0.287. The molecule has 14 nitrogen and oxygen atoms in total. The van der Waals surface area contributed by atoms with Crippen LogP contribution in [0.1, 0.15) is 43.9 Å². The standard InChI is InChI=1S/C21H22N4O4S2.C20H20N4O2S/c1-23-21(27)19(25-31(2,28)29)13-5-7-14(8-6-13)20(26)24-17-12-15(9-10-16(17)22)18-4-3-11-30-18;1-23-20(26)18(22)12-4-6-13(7-5-12)19(25)24-16-11-14(8-9-15(16)21)17-3-2-10-27-17/h3-12,19,25H,22H2,1-2H3,(H,23,27)(H,24,26);2-11,18H,21-22H2,1H3,(H,23,26)(H,24,25). The van der Waals surface area contributed by atoms with Crippen molar-refractivity contribution in [3.63, 3.8) is 0 Å². The van der Waals surface area contributed by atoms with Crippen molar-refractivity contribution in [2.24, 2.45) is 5.73 Å². The van der Waals surface area contributed by atoms with Crippen molar-refractivity contribution in [1.82, 2.24) is 15.4 Å². The van der Waals surface area contributed by atoms with E-state index in [0.29, 0.717) is 45.0 Å². The smallest absolute Gasteiger partial charge is 0.255 e. The Kier molecular flexibility index (Phi) is 14.1. The van der Waals surface area contributed by atoms with E-state index in [9.17, 15) is 27.6 Å². The average molecular weight is 839 g/mol. The van der Waals surface area contributed by atoms with Crippen LogP contribution in [0.2, 0.25) is 0 Å². The van der Waals surface area contributed by atoms with E-state index in [0.717, 1.165) is 27.1 Å². The van der Waals surface area contributed by atoms with Crippen LogP contribution in [0.5, 0.6) is 0 Å². The Morgan fingerprint density at radius 1 is 0.603 bits per heavy atom. The second-order valence-corrected chi connectivity index (χ2v) is 16.4. The molecule has 0 saturated heterocycles. The van der Waals surface area contributed by atoms with Crippen LogP contribution in [0.15, 0.2) is 120 Å². The van der Waals surface area contributed by atoms with Gasteiger partial charge in [-0.2, -0.15) is 4.72 Å². The summed E-state index contributed by atoms with van der Waals surface area (Å²) in [7, 11) is -0.685. The van der Waals surface area contributed by atoms with E-state index >= 15 is 0 Å². The number of sulfonamides is 1. The van der Waals surface area contributed by atoms with Gasteiger partial charge in [0.15, 0.2) is 0 Å². The van der Waals surface area contributed by atoms with Gasteiger partial charge in [-0.3, -0.25) is 19.2 Å². The van der Waals surface area contributed by atoms with E-state index in [1.165, 1.54) is 38.4 Å². The Morgan fingerprint density at radius 3 is 1.41 bits per heavy atom.